The first-order valence-corrected chi connectivity index (χ1v) is 5.34. The van der Waals surface area contributed by atoms with Crippen molar-refractivity contribution >= 4 is 11.6 Å². The van der Waals surface area contributed by atoms with E-state index in [1.54, 1.807) is 0 Å². The van der Waals surface area contributed by atoms with Crippen molar-refractivity contribution in [2.75, 3.05) is 12.3 Å². The van der Waals surface area contributed by atoms with Gasteiger partial charge in [-0.05, 0) is 0 Å². The molecule has 100 valence electrons. The molecule has 0 aromatic carbocycles. The minimum atomic E-state index is -1.18. The highest BCUT2D eigenvalue weighted by molar-refractivity contribution is 5.96. The van der Waals surface area contributed by atoms with Crippen molar-refractivity contribution in [3.8, 4) is 0 Å². The molecular weight excluding hydrogens is 242 g/mol. The molecule has 0 bridgehead atoms. The number of rotatable bonds is 3. The van der Waals surface area contributed by atoms with Gasteiger partial charge < -0.3 is 26.8 Å². The molecule has 1 amide bonds. The molecule has 1 aromatic heterocycles. The molecule has 9 heteroatoms. The molecule has 2 heterocycles. The van der Waals surface area contributed by atoms with Gasteiger partial charge in [0.25, 0.3) is 5.91 Å². The molecule has 1 saturated heterocycles. The number of aliphatic hydroxyl groups excluding tert-OH is 3. The van der Waals surface area contributed by atoms with E-state index in [4.69, 9.17) is 16.6 Å². The number of aromatic nitrogens is 2. The topological polar surface area (TPSA) is 171 Å². The van der Waals surface area contributed by atoms with Crippen LogP contribution in [0.2, 0.25) is 0 Å². The quantitative estimate of drug-likeness (QED) is 0.299. The molecule has 0 radical (unpaired) electrons. The second-order valence-corrected chi connectivity index (χ2v) is 4.18. The lowest BCUT2D eigenvalue weighted by Gasteiger charge is -2.14. The third kappa shape index (κ3) is 1.82. The summed E-state index contributed by atoms with van der Waals surface area (Å²) in [6, 6.07) is -1.43. The fourth-order valence-electron chi connectivity index (χ4n) is 2.07. The Morgan fingerprint density at radius 3 is 2.50 bits per heavy atom. The maximum Gasteiger partial charge on any atom is 0.271 e. The smallest absolute Gasteiger partial charge is 0.271 e. The molecule has 4 atom stereocenters. The Morgan fingerprint density at radius 1 is 1.39 bits per heavy atom. The summed E-state index contributed by atoms with van der Waals surface area (Å²) in [5, 5.41) is 37.5. The first-order chi connectivity index (χ1) is 8.47. The molecule has 18 heavy (non-hydrogen) atoms. The third-order valence-electron chi connectivity index (χ3n) is 3.07. The maximum absolute atomic E-state index is 11.0. The summed E-state index contributed by atoms with van der Waals surface area (Å²) in [5.41, 5.74) is 10.9. The van der Waals surface area contributed by atoms with E-state index in [1.807, 2.05) is 0 Å². The van der Waals surface area contributed by atoms with Gasteiger partial charge in [-0.1, -0.05) is 0 Å². The molecule has 1 aliphatic rings. The van der Waals surface area contributed by atoms with Gasteiger partial charge in [0.05, 0.1) is 36.2 Å². The first kappa shape index (κ1) is 12.8. The van der Waals surface area contributed by atoms with Crippen molar-refractivity contribution in [1.82, 2.24) is 15.5 Å². The van der Waals surface area contributed by atoms with Crippen LogP contribution in [0.1, 0.15) is 22.2 Å². The number of primary amides is 1. The number of nitrogens with zero attached hydrogens (tertiary/aromatic N) is 1. The molecule has 2 rings (SSSR count). The number of aromatic amines is 1. The predicted molar refractivity (Wildman–Crippen MR) is 60.3 cm³/mol. The Morgan fingerprint density at radius 2 is 2.06 bits per heavy atom. The summed E-state index contributed by atoms with van der Waals surface area (Å²) in [6.45, 7) is -0.342. The molecule has 0 spiro atoms. The Hall–Kier alpha value is -1.68. The van der Waals surface area contributed by atoms with Crippen LogP contribution in [0.4, 0.5) is 5.69 Å². The highest BCUT2D eigenvalue weighted by Gasteiger charge is 2.43. The van der Waals surface area contributed by atoms with Crippen LogP contribution in [0, 0.1) is 0 Å². The van der Waals surface area contributed by atoms with Crippen LogP contribution in [0.15, 0.2) is 0 Å². The van der Waals surface area contributed by atoms with Gasteiger partial charge in [0, 0.05) is 0 Å². The van der Waals surface area contributed by atoms with Crippen LogP contribution in [0.25, 0.3) is 0 Å². The van der Waals surface area contributed by atoms with E-state index in [0.29, 0.717) is 0 Å². The number of hydrogen-bond acceptors (Lipinski definition) is 7. The van der Waals surface area contributed by atoms with Gasteiger partial charge in [-0.25, -0.2) is 0 Å². The summed E-state index contributed by atoms with van der Waals surface area (Å²) in [4.78, 5) is 11.0. The zero-order valence-electron chi connectivity index (χ0n) is 9.37. The summed E-state index contributed by atoms with van der Waals surface area (Å²) in [6.07, 6.45) is -2.31. The number of nitrogens with one attached hydrogen (secondary N) is 2. The number of hydrogen-bond donors (Lipinski definition) is 7. The van der Waals surface area contributed by atoms with E-state index in [-0.39, 0.29) is 23.7 Å². The Bertz CT molecular complexity index is 462. The minimum absolute atomic E-state index is 0.0184. The lowest BCUT2D eigenvalue weighted by atomic mass is 10.0. The molecule has 1 aromatic rings. The number of carbonyl (C=O) groups excluding carboxylic acids is 1. The monoisotopic (exact) mass is 257 g/mol. The lowest BCUT2D eigenvalue weighted by Crippen LogP contribution is -2.35. The average molecular weight is 257 g/mol. The highest BCUT2D eigenvalue weighted by Crippen LogP contribution is 2.30. The average Bonchev–Trinajstić information content (AvgIpc) is 2.82. The van der Waals surface area contributed by atoms with Gasteiger partial charge in [0.15, 0.2) is 5.69 Å². The van der Waals surface area contributed by atoms with Gasteiger partial charge in [-0.3, -0.25) is 15.2 Å². The minimum Gasteiger partial charge on any atom is -0.395 e. The van der Waals surface area contributed by atoms with Crippen molar-refractivity contribution in [3.05, 3.63) is 11.4 Å². The van der Waals surface area contributed by atoms with Gasteiger partial charge >= 0.3 is 0 Å². The number of carbonyl (C=O) groups is 1. The van der Waals surface area contributed by atoms with Gasteiger partial charge in [0.1, 0.15) is 6.10 Å². The molecular formula is C9H15N5O4. The number of aliphatic hydroxyl groups is 3. The molecule has 1 aliphatic heterocycles. The van der Waals surface area contributed by atoms with Crippen molar-refractivity contribution in [2.45, 2.75) is 24.3 Å². The molecule has 1 unspecified atom stereocenters. The number of nitrogen functional groups attached to an aromatic ring is 1. The summed E-state index contributed by atoms with van der Waals surface area (Å²) < 4.78 is 0. The number of anilines is 1. The third-order valence-corrected chi connectivity index (χ3v) is 3.07. The highest BCUT2D eigenvalue weighted by atomic mass is 16.3. The SMILES string of the molecule is NC(=O)c1n[nH]c(C2N[C@H](CO)[C@H](O)[C@@H]2O)c1N. The van der Waals surface area contributed by atoms with E-state index in [2.05, 4.69) is 15.5 Å². The van der Waals surface area contributed by atoms with E-state index in [1.165, 1.54) is 0 Å². The van der Waals surface area contributed by atoms with Gasteiger partial charge in [0.2, 0.25) is 0 Å². The van der Waals surface area contributed by atoms with E-state index in [0.717, 1.165) is 0 Å². The molecule has 9 N–H and O–H groups in total. The van der Waals surface area contributed by atoms with Crippen LogP contribution >= 0.6 is 0 Å². The predicted octanol–water partition coefficient (Wildman–Crippen LogP) is -3.18. The molecule has 0 aliphatic carbocycles. The second kappa shape index (κ2) is 4.53. The lowest BCUT2D eigenvalue weighted by molar-refractivity contribution is 0.0191. The zero-order chi connectivity index (χ0) is 13.4. The first-order valence-electron chi connectivity index (χ1n) is 5.34. The molecule has 9 nitrogen and oxygen atoms in total. The Labute approximate surface area is 102 Å². The van der Waals surface area contributed by atoms with Crippen molar-refractivity contribution < 1.29 is 20.1 Å². The Kier molecular flexibility index (Phi) is 3.22. The number of H-pyrrole nitrogens is 1. The van der Waals surface area contributed by atoms with Crippen LogP contribution in [-0.4, -0.2) is 56.3 Å². The van der Waals surface area contributed by atoms with Crippen molar-refractivity contribution in [1.29, 1.82) is 0 Å². The summed E-state index contributed by atoms with van der Waals surface area (Å²) >= 11 is 0. The Balaban J connectivity index is 2.30. The van der Waals surface area contributed by atoms with Crippen LogP contribution < -0.4 is 16.8 Å². The van der Waals surface area contributed by atoms with Gasteiger partial charge in [-0.15, -0.1) is 0 Å². The largest absolute Gasteiger partial charge is 0.395 e. The normalized spacial score (nSPS) is 31.7. The van der Waals surface area contributed by atoms with Crippen LogP contribution in [0.5, 0.6) is 0 Å². The van der Waals surface area contributed by atoms with Gasteiger partial charge in [-0.2, -0.15) is 5.10 Å². The molecule has 0 saturated carbocycles. The van der Waals surface area contributed by atoms with E-state index in [9.17, 15) is 15.0 Å². The second-order valence-electron chi connectivity index (χ2n) is 4.18. The van der Waals surface area contributed by atoms with E-state index < -0.39 is 30.2 Å². The van der Waals surface area contributed by atoms with E-state index >= 15 is 0 Å². The molecule has 1 fully saturated rings. The van der Waals surface area contributed by atoms with Crippen LogP contribution in [0.3, 0.4) is 0 Å². The van der Waals surface area contributed by atoms with Crippen LogP contribution in [-0.2, 0) is 0 Å². The fourth-order valence-corrected chi connectivity index (χ4v) is 2.07. The standard InChI is InChI=1S/C9H15N5O4/c10-3-4(13-14-5(3)9(11)18)6-8(17)7(16)2(1-15)12-6/h2,6-8,12,15-17H,1,10H2,(H2,11,18)(H,13,14)/t2-,6?,7+,8-/m1/s1. The van der Waals surface area contributed by atoms with Crippen molar-refractivity contribution in [2.24, 2.45) is 5.73 Å². The summed E-state index contributed by atoms with van der Waals surface area (Å²) in [5.74, 6) is -0.790. The number of amides is 1. The fraction of sp³-hybridized carbons (Fsp3) is 0.556. The zero-order valence-corrected chi connectivity index (χ0v) is 9.37. The number of nitrogens with two attached hydrogens (primary N) is 2. The van der Waals surface area contributed by atoms with Crippen molar-refractivity contribution in [3.63, 3.8) is 0 Å². The maximum atomic E-state index is 11.0. The summed E-state index contributed by atoms with van der Waals surface area (Å²) in [7, 11) is 0.